The molecule has 168 valence electrons. The second-order valence-corrected chi connectivity index (χ2v) is 8.18. The van der Waals surface area contributed by atoms with Crippen molar-refractivity contribution < 1.29 is 13.9 Å². The highest BCUT2D eigenvalue weighted by molar-refractivity contribution is 5.69. The number of nitrogens with zero attached hydrogens (tertiary/aromatic N) is 4. The lowest BCUT2D eigenvalue weighted by Crippen LogP contribution is -2.49. The number of rotatable bonds is 3. The van der Waals surface area contributed by atoms with Gasteiger partial charge in [0.2, 0.25) is 0 Å². The Kier molecular flexibility index (Phi) is 6.04. The first-order valence-corrected chi connectivity index (χ1v) is 10.6. The number of fused-ring (bicyclic) bond motifs is 1. The number of carbonyl (C=O) groups excluding carboxylic acids is 1. The molecule has 1 aliphatic heterocycles. The molecule has 1 aliphatic carbocycles. The Morgan fingerprint density at radius 1 is 1.15 bits per heavy atom. The molecule has 0 saturated heterocycles. The van der Waals surface area contributed by atoms with Crippen LogP contribution in [0.4, 0.5) is 9.18 Å². The van der Waals surface area contributed by atoms with Gasteiger partial charge in [0.05, 0.1) is 23.4 Å². The van der Waals surface area contributed by atoms with Gasteiger partial charge in [0, 0.05) is 24.9 Å². The normalized spacial score (nSPS) is 20.8. The second kappa shape index (κ2) is 9.10. The first-order valence-electron chi connectivity index (χ1n) is 10.6. The van der Waals surface area contributed by atoms with Gasteiger partial charge in [-0.05, 0) is 28.8 Å². The van der Waals surface area contributed by atoms with Gasteiger partial charge in [-0.15, -0.1) is 0 Å². The summed E-state index contributed by atoms with van der Waals surface area (Å²) in [6.07, 6.45) is 1.12. The zero-order chi connectivity index (χ0) is 24.3. The van der Waals surface area contributed by atoms with Gasteiger partial charge >= 0.3 is 6.09 Å². The zero-order valence-corrected chi connectivity index (χ0v) is 18.1. The Hall–Kier alpha value is -4.61. The Balaban J connectivity index is 1.74. The maximum Gasteiger partial charge on any atom is 0.410 e. The van der Waals surface area contributed by atoms with Crippen LogP contribution in [0.2, 0.25) is 0 Å². The van der Waals surface area contributed by atoms with Gasteiger partial charge in [0.25, 0.3) is 0 Å². The van der Waals surface area contributed by atoms with Crippen LogP contribution in [0.5, 0.6) is 0 Å². The molecule has 2 aromatic carbocycles. The number of allylic oxidation sites excluding steroid dienone is 2. The Bertz CT molecular complexity index is 1300. The first kappa shape index (κ1) is 22.6. The van der Waals surface area contributed by atoms with E-state index in [1.165, 1.54) is 23.1 Å². The maximum absolute atomic E-state index is 14.2. The van der Waals surface area contributed by atoms with E-state index in [2.05, 4.69) is 0 Å². The number of ether oxygens (including phenoxy) is 1. The third-order valence-corrected chi connectivity index (χ3v) is 6.34. The van der Waals surface area contributed by atoms with Crippen molar-refractivity contribution in [2.24, 2.45) is 17.1 Å². The van der Waals surface area contributed by atoms with Gasteiger partial charge in [0.15, 0.2) is 5.41 Å². The van der Waals surface area contributed by atoms with Crippen LogP contribution in [-0.2, 0) is 11.3 Å². The molecular formula is C26H20FN5O2. The van der Waals surface area contributed by atoms with Crippen LogP contribution in [0.3, 0.4) is 0 Å². The van der Waals surface area contributed by atoms with Gasteiger partial charge in [-0.25, -0.2) is 9.18 Å². The predicted octanol–water partition coefficient (Wildman–Crippen LogP) is 3.89. The number of nitrogens with two attached hydrogens (primary N) is 1. The van der Waals surface area contributed by atoms with Crippen molar-refractivity contribution in [1.82, 2.24) is 4.90 Å². The van der Waals surface area contributed by atoms with Crippen LogP contribution < -0.4 is 5.73 Å². The second-order valence-electron chi connectivity index (χ2n) is 8.18. The third-order valence-electron chi connectivity index (χ3n) is 6.34. The molecule has 34 heavy (non-hydrogen) atoms. The van der Waals surface area contributed by atoms with Crippen LogP contribution in [0.15, 0.2) is 77.5 Å². The molecule has 8 heteroatoms. The van der Waals surface area contributed by atoms with Crippen molar-refractivity contribution in [2.45, 2.75) is 12.5 Å². The van der Waals surface area contributed by atoms with Crippen LogP contribution in [-0.4, -0.2) is 24.1 Å². The number of hydrogen-bond donors (Lipinski definition) is 1. The zero-order valence-electron chi connectivity index (χ0n) is 18.1. The molecule has 0 fully saturated rings. The average Bonchev–Trinajstić information content (AvgIpc) is 2.87. The minimum atomic E-state index is -1.90. The van der Waals surface area contributed by atoms with E-state index in [0.29, 0.717) is 11.1 Å². The quantitative estimate of drug-likeness (QED) is 0.751. The van der Waals surface area contributed by atoms with E-state index < -0.39 is 29.2 Å². The van der Waals surface area contributed by atoms with Crippen molar-refractivity contribution in [3.05, 3.63) is 94.5 Å². The predicted molar refractivity (Wildman–Crippen MR) is 119 cm³/mol. The summed E-state index contributed by atoms with van der Waals surface area (Å²) in [7, 11) is 0. The number of benzene rings is 2. The highest BCUT2D eigenvalue weighted by atomic mass is 19.1. The Labute approximate surface area is 196 Å². The van der Waals surface area contributed by atoms with Crippen LogP contribution in [0.25, 0.3) is 0 Å². The average molecular weight is 453 g/mol. The van der Waals surface area contributed by atoms with Crippen molar-refractivity contribution >= 4 is 6.09 Å². The maximum atomic E-state index is 14.2. The monoisotopic (exact) mass is 453 g/mol. The topological polar surface area (TPSA) is 127 Å². The molecule has 0 unspecified atom stereocenters. The third kappa shape index (κ3) is 3.74. The lowest BCUT2D eigenvalue weighted by Gasteiger charge is -2.45. The summed E-state index contributed by atoms with van der Waals surface area (Å²) in [4.78, 5) is 14.3. The molecule has 1 heterocycles. The summed E-state index contributed by atoms with van der Waals surface area (Å²) >= 11 is 0. The fourth-order valence-electron chi connectivity index (χ4n) is 4.72. The van der Waals surface area contributed by atoms with Crippen molar-refractivity contribution in [3.8, 4) is 18.2 Å². The Morgan fingerprint density at radius 2 is 1.88 bits per heavy atom. The summed E-state index contributed by atoms with van der Waals surface area (Å²) in [6.45, 7) is 0.325. The molecule has 0 aromatic heterocycles. The summed E-state index contributed by atoms with van der Waals surface area (Å²) < 4.78 is 19.6. The highest BCUT2D eigenvalue weighted by Crippen LogP contribution is 2.54. The van der Waals surface area contributed by atoms with Crippen molar-refractivity contribution in [1.29, 1.82) is 15.8 Å². The lowest BCUT2D eigenvalue weighted by molar-refractivity contribution is 0.0898. The number of nitriles is 3. The van der Waals surface area contributed by atoms with E-state index in [0.717, 1.165) is 5.56 Å². The molecule has 2 aliphatic rings. The fourth-order valence-corrected chi connectivity index (χ4v) is 4.72. The van der Waals surface area contributed by atoms with E-state index in [4.69, 9.17) is 10.5 Å². The van der Waals surface area contributed by atoms with Gasteiger partial charge in [-0.1, -0.05) is 48.5 Å². The minimum Gasteiger partial charge on any atom is -0.445 e. The van der Waals surface area contributed by atoms with Crippen LogP contribution >= 0.6 is 0 Å². The van der Waals surface area contributed by atoms with Crippen LogP contribution in [0.1, 0.15) is 17.0 Å². The van der Waals surface area contributed by atoms with E-state index in [9.17, 15) is 25.0 Å². The summed E-state index contributed by atoms with van der Waals surface area (Å²) in [5, 5.41) is 30.0. The van der Waals surface area contributed by atoms with Gasteiger partial charge in [-0.3, -0.25) is 0 Å². The summed E-state index contributed by atoms with van der Waals surface area (Å²) in [5.41, 5.74) is 5.99. The number of amides is 1. The molecule has 1 amide bonds. The molecule has 0 spiro atoms. The molecule has 4 rings (SSSR count). The van der Waals surface area contributed by atoms with Gasteiger partial charge in [-0.2, -0.15) is 15.8 Å². The van der Waals surface area contributed by atoms with E-state index >= 15 is 0 Å². The van der Waals surface area contributed by atoms with Gasteiger partial charge in [0.1, 0.15) is 18.5 Å². The number of hydrogen-bond acceptors (Lipinski definition) is 6. The van der Waals surface area contributed by atoms with Crippen molar-refractivity contribution in [3.63, 3.8) is 0 Å². The van der Waals surface area contributed by atoms with Gasteiger partial charge < -0.3 is 15.4 Å². The van der Waals surface area contributed by atoms with Crippen LogP contribution in [0, 0.1) is 51.1 Å². The molecule has 2 atom stereocenters. The molecule has 0 bridgehead atoms. The smallest absolute Gasteiger partial charge is 0.410 e. The lowest BCUT2D eigenvalue weighted by atomic mass is 9.58. The SMILES string of the molecule is N#CC1=C(N)C(C#N)(C#N)[C@@H](c2cccc(F)c2)[C@H]2CN(C(=O)OCc3ccccc3)CC=C12. The molecule has 7 nitrogen and oxygen atoms in total. The minimum absolute atomic E-state index is 0.0538. The summed E-state index contributed by atoms with van der Waals surface area (Å²) in [5.74, 6) is -2.07. The Morgan fingerprint density at radius 3 is 2.53 bits per heavy atom. The van der Waals surface area contributed by atoms with Crippen molar-refractivity contribution in [2.75, 3.05) is 13.1 Å². The van der Waals surface area contributed by atoms with E-state index in [1.54, 1.807) is 12.1 Å². The standard InChI is InChI=1S/C26H20FN5O2/c27-19-8-4-7-18(11-19)23-22-13-32(25(33)34-14-17-5-2-1-3-6-17)10-9-20(22)21(12-28)24(31)26(23,15-29)16-30/h1-9,11,22-23H,10,13-14,31H2/t22-,23-/m0/s1. The molecule has 2 aromatic rings. The highest BCUT2D eigenvalue weighted by Gasteiger charge is 2.54. The molecule has 0 saturated carbocycles. The molecule has 2 N–H and O–H groups in total. The first-order chi connectivity index (χ1) is 16.4. The largest absolute Gasteiger partial charge is 0.445 e. The molecular weight excluding hydrogens is 433 g/mol. The molecule has 0 radical (unpaired) electrons. The van der Waals surface area contributed by atoms with E-state index in [1.807, 2.05) is 48.5 Å². The summed E-state index contributed by atoms with van der Waals surface area (Å²) in [6, 6.07) is 20.9. The number of carbonyl (C=O) groups is 1. The fraction of sp³-hybridized carbons (Fsp3) is 0.231. The number of halogens is 1. The van der Waals surface area contributed by atoms with E-state index in [-0.39, 0.29) is 31.0 Å².